The molecule has 0 fully saturated rings. The number of esters is 2. The second-order valence-corrected chi connectivity index (χ2v) is 2.02. The zero-order valence-electron chi connectivity index (χ0n) is 5.91. The standard InChI is InChI=1S/C7H8O4/c8-6-2-3-7(9)11-5-1-4-10-6/h2-3H,1,4-5H2/b3-2-. The number of cyclic esters (lactones) is 2. The Morgan fingerprint density at radius 3 is 1.91 bits per heavy atom. The van der Waals surface area contributed by atoms with Gasteiger partial charge in [0.05, 0.1) is 13.2 Å². The van der Waals surface area contributed by atoms with E-state index in [-0.39, 0.29) is 0 Å². The van der Waals surface area contributed by atoms with E-state index in [0.717, 1.165) is 12.2 Å². The van der Waals surface area contributed by atoms with E-state index >= 15 is 0 Å². The van der Waals surface area contributed by atoms with E-state index in [4.69, 9.17) is 0 Å². The molecular formula is C7H8O4. The molecule has 1 heterocycles. The van der Waals surface area contributed by atoms with Crippen LogP contribution in [0.15, 0.2) is 12.2 Å². The lowest BCUT2D eigenvalue weighted by atomic mass is 10.5. The molecule has 4 nitrogen and oxygen atoms in total. The van der Waals surface area contributed by atoms with Crippen molar-refractivity contribution in [2.24, 2.45) is 0 Å². The van der Waals surface area contributed by atoms with Gasteiger partial charge in [0.25, 0.3) is 0 Å². The summed E-state index contributed by atoms with van der Waals surface area (Å²) in [5.74, 6) is -0.993. The number of carbonyl (C=O) groups is 2. The highest BCUT2D eigenvalue weighted by molar-refractivity contribution is 5.91. The Morgan fingerprint density at radius 1 is 1.00 bits per heavy atom. The van der Waals surface area contributed by atoms with Gasteiger partial charge in [-0.1, -0.05) is 0 Å². The van der Waals surface area contributed by atoms with Gasteiger partial charge in [-0.05, 0) is 0 Å². The van der Waals surface area contributed by atoms with Crippen LogP contribution < -0.4 is 0 Å². The molecule has 11 heavy (non-hydrogen) atoms. The van der Waals surface area contributed by atoms with Crippen LogP contribution in [0.3, 0.4) is 0 Å². The first kappa shape index (κ1) is 7.78. The van der Waals surface area contributed by atoms with Gasteiger partial charge < -0.3 is 9.47 Å². The third-order valence-corrected chi connectivity index (χ3v) is 1.13. The van der Waals surface area contributed by atoms with Crippen molar-refractivity contribution in [2.75, 3.05) is 13.2 Å². The average molecular weight is 156 g/mol. The van der Waals surface area contributed by atoms with Crippen molar-refractivity contribution in [1.29, 1.82) is 0 Å². The zero-order chi connectivity index (χ0) is 8.10. The molecule has 0 N–H and O–H groups in total. The molecule has 0 spiro atoms. The Labute approximate surface area is 63.8 Å². The highest BCUT2D eigenvalue weighted by atomic mass is 16.5. The van der Waals surface area contributed by atoms with Crippen LogP contribution in [-0.4, -0.2) is 25.2 Å². The first-order valence-electron chi connectivity index (χ1n) is 3.30. The Bertz CT molecular complexity index is 175. The quantitative estimate of drug-likeness (QED) is 0.464. The molecule has 1 aliphatic rings. The monoisotopic (exact) mass is 156 g/mol. The molecule has 0 aliphatic carbocycles. The van der Waals surface area contributed by atoms with Gasteiger partial charge in [-0.3, -0.25) is 0 Å². The molecule has 0 aromatic carbocycles. The summed E-state index contributed by atoms with van der Waals surface area (Å²) in [5, 5.41) is 0. The number of ether oxygens (including phenoxy) is 2. The summed E-state index contributed by atoms with van der Waals surface area (Å²) < 4.78 is 9.31. The molecule has 60 valence electrons. The van der Waals surface area contributed by atoms with Gasteiger partial charge in [0.15, 0.2) is 0 Å². The van der Waals surface area contributed by atoms with Gasteiger partial charge in [-0.2, -0.15) is 0 Å². The summed E-state index contributed by atoms with van der Waals surface area (Å²) >= 11 is 0. The van der Waals surface area contributed by atoms with Gasteiger partial charge in [0, 0.05) is 18.6 Å². The maximum absolute atomic E-state index is 10.6. The normalized spacial score (nSPS) is 22.2. The lowest BCUT2D eigenvalue weighted by Gasteiger charge is -1.99. The van der Waals surface area contributed by atoms with Gasteiger partial charge >= 0.3 is 11.9 Å². The van der Waals surface area contributed by atoms with Gasteiger partial charge in [0.2, 0.25) is 0 Å². The minimum absolute atomic E-state index is 0.302. The van der Waals surface area contributed by atoms with Crippen LogP contribution in [0.4, 0.5) is 0 Å². The van der Waals surface area contributed by atoms with E-state index in [0.29, 0.717) is 19.6 Å². The Morgan fingerprint density at radius 2 is 1.45 bits per heavy atom. The molecule has 0 amide bonds. The summed E-state index contributed by atoms with van der Waals surface area (Å²) in [6, 6.07) is 0. The van der Waals surface area contributed by atoms with Crippen molar-refractivity contribution in [3.8, 4) is 0 Å². The minimum Gasteiger partial charge on any atom is -0.462 e. The molecule has 0 aromatic heterocycles. The summed E-state index contributed by atoms with van der Waals surface area (Å²) in [6.45, 7) is 0.604. The molecule has 0 atom stereocenters. The highest BCUT2D eigenvalue weighted by Crippen LogP contribution is 1.93. The fourth-order valence-corrected chi connectivity index (χ4v) is 0.637. The molecule has 0 bridgehead atoms. The van der Waals surface area contributed by atoms with E-state index < -0.39 is 11.9 Å². The summed E-state index contributed by atoms with van der Waals surface area (Å²) in [6.07, 6.45) is 2.68. The predicted molar refractivity (Wildman–Crippen MR) is 35.7 cm³/mol. The van der Waals surface area contributed by atoms with Crippen LogP contribution >= 0.6 is 0 Å². The molecular weight excluding hydrogens is 148 g/mol. The lowest BCUT2D eigenvalue weighted by molar-refractivity contribution is -0.138. The molecule has 0 saturated heterocycles. The first-order valence-corrected chi connectivity index (χ1v) is 3.30. The fourth-order valence-electron chi connectivity index (χ4n) is 0.637. The van der Waals surface area contributed by atoms with Crippen molar-refractivity contribution in [1.82, 2.24) is 0 Å². The summed E-state index contributed by atoms with van der Waals surface area (Å²) in [7, 11) is 0. The lowest BCUT2D eigenvalue weighted by Crippen LogP contribution is -2.03. The smallest absolute Gasteiger partial charge is 0.331 e. The Hall–Kier alpha value is -1.32. The molecule has 4 heteroatoms. The summed E-state index contributed by atoms with van der Waals surface area (Å²) in [5.41, 5.74) is 0. The molecule has 1 rings (SSSR count). The number of hydrogen-bond donors (Lipinski definition) is 0. The second kappa shape index (κ2) is 3.75. The van der Waals surface area contributed by atoms with Crippen molar-refractivity contribution >= 4 is 11.9 Å². The molecule has 0 unspecified atom stereocenters. The third-order valence-electron chi connectivity index (χ3n) is 1.13. The van der Waals surface area contributed by atoms with Crippen molar-refractivity contribution in [3.05, 3.63) is 12.2 Å². The minimum atomic E-state index is -0.496. The van der Waals surface area contributed by atoms with Crippen LogP contribution in [-0.2, 0) is 19.1 Å². The average Bonchev–Trinajstić information content (AvgIpc) is 2.06. The summed E-state index contributed by atoms with van der Waals surface area (Å²) in [4.78, 5) is 21.2. The van der Waals surface area contributed by atoms with Crippen LogP contribution in [0.2, 0.25) is 0 Å². The van der Waals surface area contributed by atoms with Crippen LogP contribution in [0.1, 0.15) is 6.42 Å². The maximum atomic E-state index is 10.6. The van der Waals surface area contributed by atoms with Crippen molar-refractivity contribution in [3.63, 3.8) is 0 Å². The van der Waals surface area contributed by atoms with Gasteiger partial charge in [0.1, 0.15) is 0 Å². The number of carbonyl (C=O) groups excluding carboxylic acids is 2. The van der Waals surface area contributed by atoms with Crippen molar-refractivity contribution in [2.45, 2.75) is 6.42 Å². The van der Waals surface area contributed by atoms with E-state index in [1.807, 2.05) is 0 Å². The molecule has 1 aliphatic heterocycles. The molecule has 0 aromatic rings. The topological polar surface area (TPSA) is 52.6 Å². The predicted octanol–water partition coefficient (Wildman–Crippen LogP) is 0.0327. The molecule has 0 radical (unpaired) electrons. The SMILES string of the molecule is O=C1/C=C\C(=O)OCCCO1. The van der Waals surface area contributed by atoms with E-state index in [2.05, 4.69) is 9.47 Å². The zero-order valence-corrected chi connectivity index (χ0v) is 5.91. The first-order chi connectivity index (χ1) is 5.29. The Balaban J connectivity index is 2.53. The number of rotatable bonds is 0. The van der Waals surface area contributed by atoms with Crippen LogP contribution in [0, 0.1) is 0 Å². The van der Waals surface area contributed by atoms with Gasteiger partial charge in [-0.15, -0.1) is 0 Å². The van der Waals surface area contributed by atoms with E-state index in [9.17, 15) is 9.59 Å². The second-order valence-electron chi connectivity index (χ2n) is 2.02. The van der Waals surface area contributed by atoms with Gasteiger partial charge in [-0.25, -0.2) is 9.59 Å². The van der Waals surface area contributed by atoms with Crippen LogP contribution in [0.25, 0.3) is 0 Å². The fraction of sp³-hybridized carbons (Fsp3) is 0.429. The van der Waals surface area contributed by atoms with Crippen LogP contribution in [0.5, 0.6) is 0 Å². The van der Waals surface area contributed by atoms with E-state index in [1.54, 1.807) is 0 Å². The molecule has 0 saturated carbocycles. The highest BCUT2D eigenvalue weighted by Gasteiger charge is 2.03. The third kappa shape index (κ3) is 2.84. The Kier molecular flexibility index (Phi) is 2.66. The largest absolute Gasteiger partial charge is 0.462 e. The van der Waals surface area contributed by atoms with Crippen molar-refractivity contribution < 1.29 is 19.1 Å². The number of hydrogen-bond acceptors (Lipinski definition) is 4. The maximum Gasteiger partial charge on any atom is 0.331 e. The van der Waals surface area contributed by atoms with E-state index in [1.165, 1.54) is 0 Å².